The number of carboxylic acid groups (broad SMARTS) is 2. The van der Waals surface area contributed by atoms with Crippen molar-refractivity contribution in [3.05, 3.63) is 59.7 Å². The first-order valence-electron chi connectivity index (χ1n) is 8.62. The lowest BCUT2D eigenvalue weighted by molar-refractivity contribution is -0.141. The number of nitrogens with one attached hydrogen (secondary N) is 1. The molecular weight excluding hydrogens is 334 g/mol. The zero-order chi connectivity index (χ0) is 18.3. The smallest absolute Gasteiger partial charge is 0.320 e. The SMILES string of the molecule is O=C(O)[C@H]1C[C@@H]1N[C@H](CC1c2ccccc2Oc2ccccc21)C(=O)O. The molecule has 2 aliphatic rings. The van der Waals surface area contributed by atoms with Crippen LogP contribution in [-0.4, -0.2) is 34.2 Å². The summed E-state index contributed by atoms with van der Waals surface area (Å²) >= 11 is 0. The highest BCUT2D eigenvalue weighted by Crippen LogP contribution is 2.46. The molecule has 3 atom stereocenters. The molecule has 134 valence electrons. The molecule has 0 saturated heterocycles. The van der Waals surface area contributed by atoms with E-state index in [1.54, 1.807) is 0 Å². The Kier molecular flexibility index (Phi) is 4.12. The van der Waals surface area contributed by atoms with Crippen molar-refractivity contribution in [3.8, 4) is 11.5 Å². The van der Waals surface area contributed by atoms with E-state index in [0.29, 0.717) is 12.8 Å². The van der Waals surface area contributed by atoms with Crippen molar-refractivity contribution in [3.63, 3.8) is 0 Å². The molecule has 1 aliphatic heterocycles. The molecule has 4 rings (SSSR count). The number of para-hydroxylation sites is 2. The van der Waals surface area contributed by atoms with E-state index in [1.165, 1.54) is 0 Å². The van der Waals surface area contributed by atoms with Crippen LogP contribution in [0.3, 0.4) is 0 Å². The van der Waals surface area contributed by atoms with Gasteiger partial charge in [-0.05, 0) is 25.0 Å². The van der Waals surface area contributed by atoms with Crippen LogP contribution in [-0.2, 0) is 9.59 Å². The molecule has 0 aromatic heterocycles. The lowest BCUT2D eigenvalue weighted by atomic mass is 9.83. The molecular formula is C20H19NO5. The van der Waals surface area contributed by atoms with Gasteiger partial charge in [0, 0.05) is 23.1 Å². The molecule has 1 fully saturated rings. The molecule has 0 unspecified atom stereocenters. The zero-order valence-corrected chi connectivity index (χ0v) is 14.0. The van der Waals surface area contributed by atoms with E-state index in [4.69, 9.17) is 9.84 Å². The van der Waals surface area contributed by atoms with Gasteiger partial charge in [0.2, 0.25) is 0 Å². The van der Waals surface area contributed by atoms with E-state index in [2.05, 4.69) is 5.32 Å². The predicted octanol–water partition coefficient (Wildman–Crippen LogP) is 2.83. The minimum Gasteiger partial charge on any atom is -0.481 e. The Bertz CT molecular complexity index is 819. The number of aliphatic carboxylic acids is 2. The molecule has 1 saturated carbocycles. The average Bonchev–Trinajstić information content (AvgIpc) is 3.40. The largest absolute Gasteiger partial charge is 0.481 e. The molecule has 0 radical (unpaired) electrons. The van der Waals surface area contributed by atoms with Crippen molar-refractivity contribution >= 4 is 11.9 Å². The van der Waals surface area contributed by atoms with Crippen LogP contribution in [0.5, 0.6) is 11.5 Å². The number of hydrogen-bond acceptors (Lipinski definition) is 4. The second-order valence-corrected chi connectivity index (χ2v) is 6.81. The molecule has 0 amide bonds. The van der Waals surface area contributed by atoms with Crippen LogP contribution in [0.15, 0.2) is 48.5 Å². The Morgan fingerprint density at radius 1 is 1.04 bits per heavy atom. The van der Waals surface area contributed by atoms with E-state index >= 15 is 0 Å². The monoisotopic (exact) mass is 353 g/mol. The highest BCUT2D eigenvalue weighted by Gasteiger charge is 2.45. The van der Waals surface area contributed by atoms with Crippen molar-refractivity contribution in [1.82, 2.24) is 5.32 Å². The molecule has 0 bridgehead atoms. The molecule has 3 N–H and O–H groups in total. The summed E-state index contributed by atoms with van der Waals surface area (Å²) in [5.74, 6) is -1.01. The van der Waals surface area contributed by atoms with Crippen molar-refractivity contribution in [2.45, 2.75) is 30.8 Å². The van der Waals surface area contributed by atoms with Crippen LogP contribution in [0.1, 0.15) is 29.9 Å². The number of fused-ring (bicyclic) bond motifs is 2. The summed E-state index contributed by atoms with van der Waals surface area (Å²) in [6.07, 6.45) is 0.801. The van der Waals surface area contributed by atoms with Gasteiger partial charge in [0.05, 0.1) is 5.92 Å². The summed E-state index contributed by atoms with van der Waals surface area (Å²) in [5.41, 5.74) is 1.90. The maximum atomic E-state index is 11.8. The highest BCUT2D eigenvalue weighted by atomic mass is 16.5. The van der Waals surface area contributed by atoms with Gasteiger partial charge in [-0.15, -0.1) is 0 Å². The lowest BCUT2D eigenvalue weighted by Gasteiger charge is -2.30. The second kappa shape index (κ2) is 6.46. The van der Waals surface area contributed by atoms with Gasteiger partial charge in [-0.3, -0.25) is 9.59 Å². The lowest BCUT2D eigenvalue weighted by Crippen LogP contribution is -2.40. The Balaban J connectivity index is 1.62. The number of benzene rings is 2. The summed E-state index contributed by atoms with van der Waals surface area (Å²) in [6, 6.07) is 14.1. The Labute approximate surface area is 150 Å². The molecule has 0 spiro atoms. The number of carbonyl (C=O) groups is 2. The van der Waals surface area contributed by atoms with Crippen molar-refractivity contribution < 1.29 is 24.5 Å². The average molecular weight is 353 g/mol. The summed E-state index contributed by atoms with van der Waals surface area (Å²) in [6.45, 7) is 0. The first-order valence-corrected chi connectivity index (χ1v) is 8.62. The van der Waals surface area contributed by atoms with Gasteiger partial charge in [0.25, 0.3) is 0 Å². The topological polar surface area (TPSA) is 95.9 Å². The molecule has 6 heteroatoms. The Morgan fingerprint density at radius 2 is 1.62 bits per heavy atom. The maximum absolute atomic E-state index is 11.8. The summed E-state index contributed by atoms with van der Waals surface area (Å²) in [7, 11) is 0. The van der Waals surface area contributed by atoms with Gasteiger partial charge in [-0.2, -0.15) is 0 Å². The third kappa shape index (κ3) is 3.04. The summed E-state index contributed by atoms with van der Waals surface area (Å²) < 4.78 is 5.95. The second-order valence-electron chi connectivity index (χ2n) is 6.81. The third-order valence-electron chi connectivity index (χ3n) is 5.10. The number of rotatable bonds is 6. The fourth-order valence-corrected chi connectivity index (χ4v) is 3.65. The third-order valence-corrected chi connectivity index (χ3v) is 5.10. The van der Waals surface area contributed by atoms with Crippen LogP contribution < -0.4 is 10.1 Å². The van der Waals surface area contributed by atoms with Gasteiger partial charge in [0.1, 0.15) is 17.5 Å². The maximum Gasteiger partial charge on any atom is 0.320 e. The van der Waals surface area contributed by atoms with Crippen LogP contribution in [0.25, 0.3) is 0 Å². The fraction of sp³-hybridized carbons (Fsp3) is 0.300. The Hall–Kier alpha value is -2.86. The van der Waals surface area contributed by atoms with Crippen LogP contribution in [0, 0.1) is 5.92 Å². The first kappa shape index (κ1) is 16.6. The standard InChI is InChI=1S/C20H19NO5/c22-19(23)14-10-15(14)21-16(20(24)25)9-13-11-5-1-3-7-17(11)26-18-8-4-2-6-12(13)18/h1-8,13-16,21H,9-10H2,(H,22,23)(H,24,25)/t14-,15-,16+/m0/s1. The van der Waals surface area contributed by atoms with E-state index in [9.17, 15) is 14.7 Å². The van der Waals surface area contributed by atoms with Gasteiger partial charge in [-0.1, -0.05) is 36.4 Å². The number of hydrogen-bond donors (Lipinski definition) is 3. The molecule has 2 aromatic rings. The van der Waals surface area contributed by atoms with Gasteiger partial charge in [0.15, 0.2) is 0 Å². The molecule has 2 aromatic carbocycles. The van der Waals surface area contributed by atoms with Crippen LogP contribution in [0.2, 0.25) is 0 Å². The molecule has 1 heterocycles. The highest BCUT2D eigenvalue weighted by molar-refractivity contribution is 5.76. The van der Waals surface area contributed by atoms with Gasteiger partial charge < -0.3 is 20.3 Å². The Morgan fingerprint density at radius 3 is 2.12 bits per heavy atom. The quantitative estimate of drug-likeness (QED) is 0.739. The summed E-state index contributed by atoms with van der Waals surface area (Å²) in [5, 5.41) is 21.7. The zero-order valence-electron chi connectivity index (χ0n) is 14.0. The minimum atomic E-state index is -0.970. The molecule has 6 nitrogen and oxygen atoms in total. The molecule has 1 aliphatic carbocycles. The normalized spacial score (nSPS) is 21.8. The minimum absolute atomic E-state index is 0.133. The van der Waals surface area contributed by atoms with E-state index in [-0.39, 0.29) is 12.0 Å². The predicted molar refractivity (Wildman–Crippen MR) is 93.5 cm³/mol. The van der Waals surface area contributed by atoms with E-state index < -0.39 is 23.9 Å². The summed E-state index contributed by atoms with van der Waals surface area (Å²) in [4.78, 5) is 22.8. The van der Waals surface area contributed by atoms with Crippen LogP contribution in [0.4, 0.5) is 0 Å². The van der Waals surface area contributed by atoms with Crippen LogP contribution >= 0.6 is 0 Å². The van der Waals surface area contributed by atoms with Crippen molar-refractivity contribution in [2.24, 2.45) is 5.92 Å². The first-order chi connectivity index (χ1) is 12.5. The van der Waals surface area contributed by atoms with Gasteiger partial charge >= 0.3 is 11.9 Å². The van der Waals surface area contributed by atoms with E-state index in [1.807, 2.05) is 48.5 Å². The van der Waals surface area contributed by atoms with E-state index in [0.717, 1.165) is 22.6 Å². The molecule has 26 heavy (non-hydrogen) atoms. The van der Waals surface area contributed by atoms with Gasteiger partial charge in [-0.25, -0.2) is 0 Å². The fourth-order valence-electron chi connectivity index (χ4n) is 3.65. The number of carboxylic acids is 2. The van der Waals surface area contributed by atoms with Crippen molar-refractivity contribution in [1.29, 1.82) is 0 Å². The van der Waals surface area contributed by atoms with Crippen molar-refractivity contribution in [2.75, 3.05) is 0 Å². The number of ether oxygens (including phenoxy) is 1.